The second-order valence-electron chi connectivity index (χ2n) is 3.25. The molecule has 76 valence electrons. The normalized spacial score (nSPS) is 9.86. The summed E-state index contributed by atoms with van der Waals surface area (Å²) in [7, 11) is 0. The van der Waals surface area contributed by atoms with E-state index >= 15 is 0 Å². The van der Waals surface area contributed by atoms with Crippen LogP contribution < -0.4 is 10.6 Å². The SMILES string of the molecule is C=CCN(CC)c1ncc(C)cc1N. The van der Waals surface area contributed by atoms with Crippen molar-refractivity contribution in [2.45, 2.75) is 13.8 Å². The molecule has 1 rings (SSSR count). The van der Waals surface area contributed by atoms with Gasteiger partial charge in [-0.15, -0.1) is 6.58 Å². The van der Waals surface area contributed by atoms with Gasteiger partial charge in [0, 0.05) is 19.3 Å². The van der Waals surface area contributed by atoms with Gasteiger partial charge in [0.15, 0.2) is 5.82 Å². The third kappa shape index (κ3) is 2.25. The summed E-state index contributed by atoms with van der Waals surface area (Å²) in [5, 5.41) is 0. The predicted molar refractivity (Wildman–Crippen MR) is 61.5 cm³/mol. The lowest BCUT2D eigenvalue weighted by Crippen LogP contribution is -2.24. The summed E-state index contributed by atoms with van der Waals surface area (Å²) in [6.45, 7) is 9.42. The Labute approximate surface area is 85.3 Å². The number of hydrogen-bond donors (Lipinski definition) is 1. The van der Waals surface area contributed by atoms with Crippen LogP contribution in [0.5, 0.6) is 0 Å². The minimum absolute atomic E-state index is 0.730. The van der Waals surface area contributed by atoms with Gasteiger partial charge >= 0.3 is 0 Å². The lowest BCUT2D eigenvalue weighted by atomic mass is 10.2. The number of aromatic nitrogens is 1. The lowest BCUT2D eigenvalue weighted by molar-refractivity contribution is 0.884. The van der Waals surface area contributed by atoms with Gasteiger partial charge in [-0.25, -0.2) is 4.98 Å². The molecule has 0 saturated heterocycles. The number of hydrogen-bond acceptors (Lipinski definition) is 3. The second kappa shape index (κ2) is 4.65. The van der Waals surface area contributed by atoms with Crippen LogP contribution in [0.4, 0.5) is 11.5 Å². The summed E-state index contributed by atoms with van der Waals surface area (Å²) in [5.41, 5.74) is 7.70. The van der Waals surface area contributed by atoms with E-state index in [0.717, 1.165) is 30.2 Å². The summed E-state index contributed by atoms with van der Waals surface area (Å²) in [6.07, 6.45) is 3.68. The van der Waals surface area contributed by atoms with Gasteiger partial charge in [0.2, 0.25) is 0 Å². The van der Waals surface area contributed by atoms with Crippen LogP contribution in [0.2, 0.25) is 0 Å². The van der Waals surface area contributed by atoms with E-state index in [-0.39, 0.29) is 0 Å². The van der Waals surface area contributed by atoms with Crippen LogP contribution >= 0.6 is 0 Å². The summed E-state index contributed by atoms with van der Waals surface area (Å²) >= 11 is 0. The molecule has 0 bridgehead atoms. The van der Waals surface area contributed by atoms with Gasteiger partial charge in [0.25, 0.3) is 0 Å². The van der Waals surface area contributed by atoms with Crippen molar-refractivity contribution >= 4 is 11.5 Å². The first-order valence-electron chi connectivity index (χ1n) is 4.77. The number of aryl methyl sites for hydroxylation is 1. The molecular weight excluding hydrogens is 174 g/mol. The highest BCUT2D eigenvalue weighted by Gasteiger charge is 2.07. The van der Waals surface area contributed by atoms with E-state index < -0.39 is 0 Å². The van der Waals surface area contributed by atoms with Crippen molar-refractivity contribution < 1.29 is 0 Å². The van der Waals surface area contributed by atoms with E-state index in [1.807, 2.05) is 25.3 Å². The average Bonchev–Trinajstić information content (AvgIpc) is 2.15. The zero-order valence-corrected chi connectivity index (χ0v) is 8.83. The monoisotopic (exact) mass is 191 g/mol. The average molecular weight is 191 g/mol. The topological polar surface area (TPSA) is 42.2 Å². The van der Waals surface area contributed by atoms with Crippen LogP contribution in [0.15, 0.2) is 24.9 Å². The molecule has 0 atom stereocenters. The van der Waals surface area contributed by atoms with Gasteiger partial charge in [0.05, 0.1) is 5.69 Å². The Morgan fingerprint density at radius 3 is 2.86 bits per heavy atom. The summed E-state index contributed by atoms with van der Waals surface area (Å²) in [4.78, 5) is 6.41. The van der Waals surface area contributed by atoms with Crippen LogP contribution in [0.1, 0.15) is 12.5 Å². The fraction of sp³-hybridized carbons (Fsp3) is 0.364. The summed E-state index contributed by atoms with van der Waals surface area (Å²) in [6, 6.07) is 1.94. The third-order valence-corrected chi connectivity index (χ3v) is 2.06. The van der Waals surface area contributed by atoms with Gasteiger partial charge in [-0.05, 0) is 25.5 Å². The molecule has 0 spiro atoms. The smallest absolute Gasteiger partial charge is 0.152 e. The molecule has 1 heterocycles. The van der Waals surface area contributed by atoms with E-state index in [0.29, 0.717) is 0 Å². The second-order valence-corrected chi connectivity index (χ2v) is 3.25. The maximum absolute atomic E-state index is 5.89. The molecule has 0 aromatic carbocycles. The molecule has 0 fully saturated rings. The molecule has 2 N–H and O–H groups in total. The molecular formula is C11H17N3. The maximum Gasteiger partial charge on any atom is 0.152 e. The fourth-order valence-corrected chi connectivity index (χ4v) is 1.37. The van der Waals surface area contributed by atoms with E-state index in [2.05, 4.69) is 23.4 Å². The van der Waals surface area contributed by atoms with Gasteiger partial charge < -0.3 is 10.6 Å². The first-order valence-corrected chi connectivity index (χ1v) is 4.77. The van der Waals surface area contributed by atoms with Gasteiger partial charge in [0.1, 0.15) is 0 Å². The number of pyridine rings is 1. The largest absolute Gasteiger partial charge is 0.396 e. The van der Waals surface area contributed by atoms with Crippen molar-refractivity contribution in [1.82, 2.24) is 4.98 Å². The number of nitrogens with two attached hydrogens (primary N) is 1. The number of likely N-dealkylation sites (N-methyl/N-ethyl adjacent to an activating group) is 1. The molecule has 0 amide bonds. The van der Waals surface area contributed by atoms with Gasteiger partial charge in [-0.3, -0.25) is 0 Å². The Hall–Kier alpha value is -1.51. The maximum atomic E-state index is 5.89. The Bertz CT molecular complexity index is 320. The fourth-order valence-electron chi connectivity index (χ4n) is 1.37. The molecule has 0 aliphatic heterocycles. The van der Waals surface area contributed by atoms with E-state index in [1.165, 1.54) is 0 Å². The molecule has 0 unspecified atom stereocenters. The van der Waals surface area contributed by atoms with E-state index in [1.54, 1.807) is 0 Å². The Balaban J connectivity index is 2.97. The number of rotatable bonds is 4. The van der Waals surface area contributed by atoms with Crippen molar-refractivity contribution in [3.05, 3.63) is 30.5 Å². The molecule has 0 saturated carbocycles. The van der Waals surface area contributed by atoms with Gasteiger partial charge in [-0.1, -0.05) is 6.08 Å². The first kappa shape index (κ1) is 10.6. The summed E-state index contributed by atoms with van der Waals surface area (Å²) < 4.78 is 0. The molecule has 1 aromatic rings. The Morgan fingerprint density at radius 2 is 2.36 bits per heavy atom. The van der Waals surface area contributed by atoms with Crippen LogP contribution in [0.3, 0.4) is 0 Å². The van der Waals surface area contributed by atoms with E-state index in [9.17, 15) is 0 Å². The Morgan fingerprint density at radius 1 is 1.64 bits per heavy atom. The standard InChI is InChI=1S/C11H17N3/c1-4-6-14(5-2)11-10(12)7-9(3)8-13-11/h4,7-8H,1,5-6,12H2,2-3H3. The predicted octanol–water partition coefficient (Wildman–Crippen LogP) is 1.98. The highest BCUT2D eigenvalue weighted by molar-refractivity contribution is 5.63. The minimum Gasteiger partial charge on any atom is -0.396 e. The summed E-state index contributed by atoms with van der Waals surface area (Å²) in [5.74, 6) is 0.845. The molecule has 1 aromatic heterocycles. The molecule has 3 heteroatoms. The minimum atomic E-state index is 0.730. The number of nitrogens with zero attached hydrogens (tertiary/aromatic N) is 2. The number of anilines is 2. The van der Waals surface area contributed by atoms with Gasteiger partial charge in [-0.2, -0.15) is 0 Å². The van der Waals surface area contributed by atoms with Crippen molar-refractivity contribution in [3.63, 3.8) is 0 Å². The molecule has 3 nitrogen and oxygen atoms in total. The Kier molecular flexibility index (Phi) is 3.51. The molecule has 0 aliphatic rings. The van der Waals surface area contributed by atoms with Crippen molar-refractivity contribution in [3.8, 4) is 0 Å². The van der Waals surface area contributed by atoms with Crippen molar-refractivity contribution in [1.29, 1.82) is 0 Å². The zero-order chi connectivity index (χ0) is 10.6. The lowest BCUT2D eigenvalue weighted by Gasteiger charge is -2.21. The number of nitrogen functional groups attached to an aromatic ring is 1. The van der Waals surface area contributed by atoms with E-state index in [4.69, 9.17) is 5.73 Å². The highest BCUT2D eigenvalue weighted by atomic mass is 15.2. The highest BCUT2D eigenvalue weighted by Crippen LogP contribution is 2.20. The molecule has 0 radical (unpaired) electrons. The zero-order valence-electron chi connectivity index (χ0n) is 8.83. The van der Waals surface area contributed by atoms with Crippen molar-refractivity contribution in [2.24, 2.45) is 0 Å². The molecule has 0 aliphatic carbocycles. The van der Waals surface area contributed by atoms with Crippen LogP contribution in [-0.4, -0.2) is 18.1 Å². The van der Waals surface area contributed by atoms with Crippen LogP contribution in [0.25, 0.3) is 0 Å². The molecule has 14 heavy (non-hydrogen) atoms. The van der Waals surface area contributed by atoms with Crippen molar-refractivity contribution in [2.75, 3.05) is 23.7 Å². The van der Waals surface area contributed by atoms with Crippen LogP contribution in [0, 0.1) is 6.92 Å². The quantitative estimate of drug-likeness (QED) is 0.740. The third-order valence-electron chi connectivity index (χ3n) is 2.06. The first-order chi connectivity index (χ1) is 6.69. The van der Waals surface area contributed by atoms with Crippen LogP contribution in [-0.2, 0) is 0 Å².